The highest BCUT2D eigenvalue weighted by atomic mass is 16.6. The second kappa shape index (κ2) is 7.10. The van der Waals surface area contributed by atoms with Crippen molar-refractivity contribution in [2.75, 3.05) is 18.5 Å². The van der Waals surface area contributed by atoms with Gasteiger partial charge in [-0.25, -0.2) is 4.79 Å². The van der Waals surface area contributed by atoms with E-state index in [0.29, 0.717) is 11.3 Å². The molecule has 144 valence electrons. The summed E-state index contributed by atoms with van der Waals surface area (Å²) < 4.78 is 0. The number of likely N-dealkylation sites (N-methyl/N-ethyl adjacent to an activating group) is 1. The number of carbonyl (C=O) groups excluding carboxylic acids is 3. The first-order chi connectivity index (χ1) is 13.2. The zero-order valence-electron chi connectivity index (χ0n) is 15.3. The number of amides is 4. The fourth-order valence-corrected chi connectivity index (χ4v) is 2.99. The molecule has 1 N–H and O–H groups in total. The summed E-state index contributed by atoms with van der Waals surface area (Å²) in [6, 6.07) is 13.5. The largest absolute Gasteiger partial charge is 0.325 e. The third kappa shape index (κ3) is 3.29. The van der Waals surface area contributed by atoms with Crippen molar-refractivity contribution >= 4 is 29.2 Å². The Morgan fingerprint density at radius 1 is 1.14 bits per heavy atom. The molecule has 0 bridgehead atoms. The van der Waals surface area contributed by atoms with Gasteiger partial charge in [0.1, 0.15) is 12.1 Å². The SMILES string of the molecule is CN(C(=O)CN1C(=O)NC(C)(c2ccccc2)C1=O)c1ccc([N+](=O)[O-])cc1. The van der Waals surface area contributed by atoms with Gasteiger partial charge >= 0.3 is 6.03 Å². The molecule has 0 saturated carbocycles. The average Bonchev–Trinajstić information content (AvgIpc) is 2.92. The summed E-state index contributed by atoms with van der Waals surface area (Å²) in [6.45, 7) is 1.15. The number of nitro groups is 1. The van der Waals surface area contributed by atoms with E-state index in [1.165, 1.54) is 36.2 Å². The third-order valence-corrected chi connectivity index (χ3v) is 4.74. The highest BCUT2D eigenvalue weighted by Gasteiger charge is 2.49. The van der Waals surface area contributed by atoms with Crippen LogP contribution in [0.25, 0.3) is 0 Å². The van der Waals surface area contributed by atoms with Crippen LogP contribution in [0.2, 0.25) is 0 Å². The van der Waals surface area contributed by atoms with Gasteiger partial charge in [0.25, 0.3) is 11.6 Å². The number of imide groups is 1. The van der Waals surface area contributed by atoms with Crippen molar-refractivity contribution in [3.8, 4) is 0 Å². The van der Waals surface area contributed by atoms with Gasteiger partial charge in [0, 0.05) is 24.9 Å². The van der Waals surface area contributed by atoms with Gasteiger partial charge < -0.3 is 10.2 Å². The second-order valence-electron chi connectivity index (χ2n) is 6.54. The molecule has 1 saturated heterocycles. The number of nitrogens with one attached hydrogen (secondary N) is 1. The van der Waals surface area contributed by atoms with Crippen molar-refractivity contribution in [1.29, 1.82) is 0 Å². The number of nitrogens with zero attached hydrogens (tertiary/aromatic N) is 3. The molecule has 1 fully saturated rings. The minimum Gasteiger partial charge on any atom is -0.319 e. The fourth-order valence-electron chi connectivity index (χ4n) is 2.99. The maximum atomic E-state index is 12.8. The van der Waals surface area contributed by atoms with E-state index in [4.69, 9.17) is 0 Å². The monoisotopic (exact) mass is 382 g/mol. The molecule has 0 aromatic heterocycles. The standard InChI is InChI=1S/C19H18N4O5/c1-19(13-6-4-3-5-7-13)17(25)22(18(26)20-19)12-16(24)21(2)14-8-10-15(11-9-14)23(27)28/h3-11H,12H2,1-2H3,(H,20,26). The van der Waals surface area contributed by atoms with Crippen LogP contribution in [0.15, 0.2) is 54.6 Å². The Bertz CT molecular complexity index is 945. The van der Waals surface area contributed by atoms with Gasteiger partial charge in [0.2, 0.25) is 5.91 Å². The highest BCUT2D eigenvalue weighted by molar-refractivity contribution is 6.10. The Morgan fingerprint density at radius 2 is 1.75 bits per heavy atom. The first-order valence-electron chi connectivity index (χ1n) is 8.44. The van der Waals surface area contributed by atoms with E-state index in [0.717, 1.165) is 4.90 Å². The lowest BCUT2D eigenvalue weighted by atomic mass is 9.92. The molecule has 1 aliphatic rings. The van der Waals surface area contributed by atoms with Gasteiger partial charge in [0.15, 0.2) is 0 Å². The van der Waals surface area contributed by atoms with Gasteiger partial charge in [-0.3, -0.25) is 24.6 Å². The number of carbonyl (C=O) groups is 3. The summed E-state index contributed by atoms with van der Waals surface area (Å²) in [4.78, 5) is 50.1. The van der Waals surface area contributed by atoms with Gasteiger partial charge in [-0.15, -0.1) is 0 Å². The van der Waals surface area contributed by atoms with E-state index in [9.17, 15) is 24.5 Å². The van der Waals surface area contributed by atoms with Crippen molar-refractivity contribution in [1.82, 2.24) is 10.2 Å². The molecule has 0 aliphatic carbocycles. The van der Waals surface area contributed by atoms with Crippen molar-refractivity contribution in [2.24, 2.45) is 0 Å². The van der Waals surface area contributed by atoms with Crippen molar-refractivity contribution < 1.29 is 19.3 Å². The van der Waals surface area contributed by atoms with Gasteiger partial charge in [-0.2, -0.15) is 0 Å². The Balaban J connectivity index is 1.75. The molecule has 2 aromatic rings. The summed E-state index contributed by atoms with van der Waals surface area (Å²) in [5, 5.41) is 13.4. The summed E-state index contributed by atoms with van der Waals surface area (Å²) in [5.41, 5.74) is -0.317. The van der Waals surface area contributed by atoms with Crippen LogP contribution in [0.3, 0.4) is 0 Å². The van der Waals surface area contributed by atoms with Crippen LogP contribution in [0.4, 0.5) is 16.2 Å². The number of non-ortho nitro benzene ring substituents is 1. The summed E-state index contributed by atoms with van der Waals surface area (Å²) in [7, 11) is 1.47. The first-order valence-corrected chi connectivity index (χ1v) is 8.44. The summed E-state index contributed by atoms with van der Waals surface area (Å²) in [5.74, 6) is -1.02. The number of rotatable bonds is 5. The van der Waals surface area contributed by atoms with E-state index in [1.807, 2.05) is 0 Å². The number of urea groups is 1. The molecule has 2 aromatic carbocycles. The number of anilines is 1. The van der Waals surface area contributed by atoms with Crippen LogP contribution in [-0.2, 0) is 15.1 Å². The topological polar surface area (TPSA) is 113 Å². The summed E-state index contributed by atoms with van der Waals surface area (Å²) in [6.07, 6.45) is 0. The summed E-state index contributed by atoms with van der Waals surface area (Å²) >= 11 is 0. The normalized spacial score (nSPS) is 18.7. The highest BCUT2D eigenvalue weighted by Crippen LogP contribution is 2.28. The molecule has 1 atom stereocenters. The van der Waals surface area contributed by atoms with Gasteiger partial charge in [0.05, 0.1) is 4.92 Å². The molecular formula is C19H18N4O5. The molecule has 3 rings (SSSR count). The molecule has 28 heavy (non-hydrogen) atoms. The molecule has 9 nitrogen and oxygen atoms in total. The quantitative estimate of drug-likeness (QED) is 0.483. The minimum absolute atomic E-state index is 0.0997. The molecule has 1 heterocycles. The Labute approximate surface area is 160 Å². The number of hydrogen-bond donors (Lipinski definition) is 1. The molecule has 0 spiro atoms. The van der Waals surface area contributed by atoms with Crippen molar-refractivity contribution in [2.45, 2.75) is 12.5 Å². The van der Waals surface area contributed by atoms with E-state index in [-0.39, 0.29) is 5.69 Å². The van der Waals surface area contributed by atoms with Gasteiger partial charge in [-0.05, 0) is 24.6 Å². The maximum absolute atomic E-state index is 12.8. The van der Waals surface area contributed by atoms with Crippen LogP contribution in [0.5, 0.6) is 0 Å². The van der Waals surface area contributed by atoms with E-state index < -0.39 is 34.9 Å². The van der Waals surface area contributed by atoms with Crippen LogP contribution >= 0.6 is 0 Å². The van der Waals surface area contributed by atoms with Crippen LogP contribution in [0, 0.1) is 10.1 Å². The predicted octanol–water partition coefficient (Wildman–Crippen LogP) is 2.02. The lowest BCUT2D eigenvalue weighted by Gasteiger charge is -2.23. The Morgan fingerprint density at radius 3 is 2.32 bits per heavy atom. The fraction of sp³-hybridized carbons (Fsp3) is 0.211. The van der Waals surface area contributed by atoms with Crippen LogP contribution < -0.4 is 10.2 Å². The second-order valence-corrected chi connectivity index (χ2v) is 6.54. The minimum atomic E-state index is -1.25. The van der Waals surface area contributed by atoms with E-state index in [2.05, 4.69) is 5.32 Å². The molecule has 0 radical (unpaired) electrons. The molecule has 4 amide bonds. The molecule has 9 heteroatoms. The Hall–Kier alpha value is -3.75. The first kappa shape index (κ1) is 19.0. The zero-order chi connectivity index (χ0) is 20.5. The maximum Gasteiger partial charge on any atom is 0.325 e. The van der Waals surface area contributed by atoms with Gasteiger partial charge in [-0.1, -0.05) is 30.3 Å². The molecule has 1 aliphatic heterocycles. The molecule has 1 unspecified atom stereocenters. The number of nitro benzene ring substituents is 1. The Kier molecular flexibility index (Phi) is 4.83. The molecular weight excluding hydrogens is 364 g/mol. The lowest BCUT2D eigenvalue weighted by molar-refractivity contribution is -0.384. The number of benzene rings is 2. The average molecular weight is 382 g/mol. The van der Waals surface area contributed by atoms with E-state index >= 15 is 0 Å². The number of hydrogen-bond acceptors (Lipinski definition) is 5. The zero-order valence-corrected chi connectivity index (χ0v) is 15.3. The predicted molar refractivity (Wildman–Crippen MR) is 101 cm³/mol. The van der Waals surface area contributed by atoms with Crippen molar-refractivity contribution in [3.63, 3.8) is 0 Å². The van der Waals surface area contributed by atoms with Crippen LogP contribution in [-0.4, -0.2) is 41.3 Å². The smallest absolute Gasteiger partial charge is 0.319 e. The van der Waals surface area contributed by atoms with Crippen LogP contribution in [0.1, 0.15) is 12.5 Å². The van der Waals surface area contributed by atoms with E-state index in [1.54, 1.807) is 37.3 Å². The third-order valence-electron chi connectivity index (χ3n) is 4.74. The lowest BCUT2D eigenvalue weighted by Crippen LogP contribution is -2.43. The van der Waals surface area contributed by atoms with Crippen molar-refractivity contribution in [3.05, 3.63) is 70.3 Å².